The van der Waals surface area contributed by atoms with Crippen molar-refractivity contribution in [1.29, 1.82) is 0 Å². The minimum atomic E-state index is -0.238. The van der Waals surface area contributed by atoms with Gasteiger partial charge in [0.25, 0.3) is 5.91 Å². The molecule has 5 nitrogen and oxygen atoms in total. The summed E-state index contributed by atoms with van der Waals surface area (Å²) in [6.45, 7) is 7.58. The zero-order valence-electron chi connectivity index (χ0n) is 15.1. The zero-order chi connectivity index (χ0) is 18.4. The lowest BCUT2D eigenvalue weighted by Crippen LogP contribution is -2.20. The molecule has 0 radical (unpaired) electrons. The Labute approximate surface area is 148 Å². The Hall–Kier alpha value is -2.82. The van der Waals surface area contributed by atoms with E-state index in [1.54, 1.807) is 24.3 Å². The summed E-state index contributed by atoms with van der Waals surface area (Å²) in [6.07, 6.45) is 0. The molecule has 0 aliphatic rings. The van der Waals surface area contributed by atoms with E-state index in [2.05, 4.69) is 10.6 Å². The minimum absolute atomic E-state index is 0.0429. The van der Waals surface area contributed by atoms with Gasteiger partial charge in [-0.3, -0.25) is 9.59 Å². The molecule has 0 unspecified atom stereocenters. The molecule has 0 aliphatic carbocycles. The molecule has 0 aromatic heterocycles. The van der Waals surface area contributed by atoms with Gasteiger partial charge in [0.05, 0.1) is 0 Å². The Kier molecular flexibility index (Phi) is 6.17. The average molecular weight is 340 g/mol. The van der Waals surface area contributed by atoms with E-state index < -0.39 is 0 Å². The fourth-order valence-electron chi connectivity index (χ4n) is 2.29. The lowest BCUT2D eigenvalue weighted by molar-refractivity contribution is -0.119. The Balaban J connectivity index is 1.87. The number of carbonyl (C=O) groups is 2. The highest BCUT2D eigenvalue weighted by molar-refractivity contribution is 5.94. The van der Waals surface area contributed by atoms with Gasteiger partial charge >= 0.3 is 0 Å². The second kappa shape index (κ2) is 8.33. The number of aryl methyl sites for hydroxylation is 2. The second-order valence-corrected chi connectivity index (χ2v) is 6.38. The highest BCUT2D eigenvalue weighted by atomic mass is 16.5. The second-order valence-electron chi connectivity index (χ2n) is 6.38. The van der Waals surface area contributed by atoms with Gasteiger partial charge in [0.2, 0.25) is 5.91 Å². The van der Waals surface area contributed by atoms with Crippen molar-refractivity contribution in [3.63, 3.8) is 0 Å². The third kappa shape index (κ3) is 5.95. The molecule has 2 amide bonds. The fraction of sp³-hybridized carbons (Fsp3) is 0.300. The summed E-state index contributed by atoms with van der Waals surface area (Å²) >= 11 is 0. The predicted molar refractivity (Wildman–Crippen MR) is 100.0 cm³/mol. The summed E-state index contributed by atoms with van der Waals surface area (Å²) in [6, 6.07) is 12.8. The van der Waals surface area contributed by atoms with Crippen LogP contribution in [0.5, 0.6) is 5.75 Å². The van der Waals surface area contributed by atoms with Crippen LogP contribution in [0.3, 0.4) is 0 Å². The lowest BCUT2D eigenvalue weighted by Gasteiger charge is -2.10. The van der Waals surface area contributed by atoms with E-state index in [9.17, 15) is 9.59 Å². The molecule has 2 rings (SSSR count). The smallest absolute Gasteiger partial charge is 0.262 e. The minimum Gasteiger partial charge on any atom is -0.484 e. The van der Waals surface area contributed by atoms with Gasteiger partial charge in [0, 0.05) is 17.3 Å². The van der Waals surface area contributed by atoms with E-state index in [1.165, 1.54) is 0 Å². The van der Waals surface area contributed by atoms with Crippen LogP contribution in [0.15, 0.2) is 42.5 Å². The topological polar surface area (TPSA) is 67.4 Å². The molecular weight excluding hydrogens is 316 g/mol. The molecule has 0 saturated carbocycles. The molecule has 0 heterocycles. The van der Waals surface area contributed by atoms with Crippen LogP contribution in [0, 0.1) is 19.8 Å². The molecule has 0 fully saturated rings. The van der Waals surface area contributed by atoms with Crippen molar-refractivity contribution >= 4 is 23.2 Å². The van der Waals surface area contributed by atoms with Crippen LogP contribution in [-0.4, -0.2) is 18.4 Å². The van der Waals surface area contributed by atoms with Gasteiger partial charge in [-0.25, -0.2) is 0 Å². The number of ether oxygens (including phenoxy) is 1. The SMILES string of the molecule is Cc1cc(C)cc(OCC(=O)Nc2ccc(NC(=O)C(C)C)cc2)c1. The van der Waals surface area contributed by atoms with Crippen molar-refractivity contribution in [1.82, 2.24) is 0 Å². The van der Waals surface area contributed by atoms with Crippen molar-refractivity contribution < 1.29 is 14.3 Å². The molecule has 25 heavy (non-hydrogen) atoms. The number of hydrogen-bond acceptors (Lipinski definition) is 3. The van der Waals surface area contributed by atoms with E-state index in [1.807, 2.05) is 45.9 Å². The van der Waals surface area contributed by atoms with Crippen LogP contribution in [0.2, 0.25) is 0 Å². The number of carbonyl (C=O) groups excluding carboxylic acids is 2. The maximum absolute atomic E-state index is 12.0. The zero-order valence-corrected chi connectivity index (χ0v) is 15.1. The van der Waals surface area contributed by atoms with Gasteiger partial charge in [-0.1, -0.05) is 19.9 Å². The molecule has 2 N–H and O–H groups in total. The largest absolute Gasteiger partial charge is 0.484 e. The molecule has 0 saturated heterocycles. The highest BCUT2D eigenvalue weighted by Gasteiger charge is 2.08. The number of amides is 2. The molecule has 132 valence electrons. The van der Waals surface area contributed by atoms with Crippen LogP contribution < -0.4 is 15.4 Å². The Bertz CT molecular complexity index is 732. The van der Waals surface area contributed by atoms with Crippen molar-refractivity contribution in [3.8, 4) is 5.75 Å². The molecule has 0 bridgehead atoms. The maximum Gasteiger partial charge on any atom is 0.262 e. The molecule has 2 aromatic carbocycles. The Morgan fingerprint density at radius 1 is 0.920 bits per heavy atom. The van der Waals surface area contributed by atoms with Crippen LogP contribution in [-0.2, 0) is 9.59 Å². The number of anilines is 2. The van der Waals surface area contributed by atoms with Gasteiger partial charge in [-0.15, -0.1) is 0 Å². The van der Waals surface area contributed by atoms with E-state index in [4.69, 9.17) is 4.74 Å². The summed E-state index contributed by atoms with van der Waals surface area (Å²) in [7, 11) is 0. The monoisotopic (exact) mass is 340 g/mol. The molecule has 0 aliphatic heterocycles. The average Bonchev–Trinajstić information content (AvgIpc) is 2.54. The molecule has 5 heteroatoms. The summed E-state index contributed by atoms with van der Waals surface area (Å²) in [5.41, 5.74) is 3.53. The third-order valence-electron chi connectivity index (χ3n) is 3.53. The quantitative estimate of drug-likeness (QED) is 0.837. The number of benzene rings is 2. The van der Waals surface area contributed by atoms with Crippen LogP contribution >= 0.6 is 0 Å². The fourth-order valence-corrected chi connectivity index (χ4v) is 2.29. The molecule has 0 spiro atoms. The molecule has 0 atom stereocenters. The normalized spacial score (nSPS) is 10.4. The van der Waals surface area contributed by atoms with Crippen LogP contribution in [0.1, 0.15) is 25.0 Å². The Morgan fingerprint density at radius 3 is 1.96 bits per heavy atom. The van der Waals surface area contributed by atoms with Gasteiger partial charge in [0.15, 0.2) is 6.61 Å². The van der Waals surface area contributed by atoms with Crippen LogP contribution in [0.25, 0.3) is 0 Å². The van der Waals surface area contributed by atoms with Gasteiger partial charge < -0.3 is 15.4 Å². The number of rotatable bonds is 6. The van der Waals surface area contributed by atoms with Gasteiger partial charge in [0.1, 0.15) is 5.75 Å². The van der Waals surface area contributed by atoms with Crippen molar-refractivity contribution in [2.24, 2.45) is 5.92 Å². The highest BCUT2D eigenvalue weighted by Crippen LogP contribution is 2.17. The maximum atomic E-state index is 12.0. The molecule has 2 aromatic rings. The first kappa shape index (κ1) is 18.5. The molecular formula is C20H24N2O3. The van der Waals surface area contributed by atoms with Crippen LogP contribution in [0.4, 0.5) is 11.4 Å². The summed E-state index contributed by atoms with van der Waals surface area (Å²) in [4.78, 5) is 23.6. The standard InChI is InChI=1S/C20H24N2O3/c1-13(2)20(24)22-17-7-5-16(6-8-17)21-19(23)12-25-18-10-14(3)9-15(4)11-18/h5-11,13H,12H2,1-4H3,(H,21,23)(H,22,24). The van der Waals surface area contributed by atoms with E-state index in [-0.39, 0.29) is 24.3 Å². The van der Waals surface area contributed by atoms with Gasteiger partial charge in [-0.2, -0.15) is 0 Å². The van der Waals surface area contributed by atoms with E-state index in [0.29, 0.717) is 17.1 Å². The first-order chi connectivity index (χ1) is 11.8. The summed E-state index contributed by atoms with van der Waals surface area (Å²) in [5, 5.41) is 5.57. The first-order valence-corrected chi connectivity index (χ1v) is 8.25. The van der Waals surface area contributed by atoms with Gasteiger partial charge in [-0.05, 0) is 61.4 Å². The summed E-state index contributed by atoms with van der Waals surface area (Å²) in [5.74, 6) is 0.318. The number of hydrogen-bond donors (Lipinski definition) is 2. The third-order valence-corrected chi connectivity index (χ3v) is 3.53. The van der Waals surface area contributed by atoms with Crippen molar-refractivity contribution in [2.45, 2.75) is 27.7 Å². The van der Waals surface area contributed by atoms with Crippen molar-refractivity contribution in [2.75, 3.05) is 17.2 Å². The summed E-state index contributed by atoms with van der Waals surface area (Å²) < 4.78 is 5.54. The predicted octanol–water partition coefficient (Wildman–Crippen LogP) is 3.92. The van der Waals surface area contributed by atoms with E-state index in [0.717, 1.165) is 11.1 Å². The lowest BCUT2D eigenvalue weighted by atomic mass is 10.1. The van der Waals surface area contributed by atoms with E-state index >= 15 is 0 Å². The Morgan fingerprint density at radius 2 is 1.44 bits per heavy atom. The first-order valence-electron chi connectivity index (χ1n) is 8.25. The number of nitrogens with one attached hydrogen (secondary N) is 2. The van der Waals surface area contributed by atoms with Crippen molar-refractivity contribution in [3.05, 3.63) is 53.6 Å².